The molecular weight excluding hydrogens is 254 g/mol. The Morgan fingerprint density at radius 3 is 2.24 bits per heavy atom. The van der Waals surface area contributed by atoms with Gasteiger partial charge in [0, 0.05) is 12.2 Å². The summed E-state index contributed by atoms with van der Waals surface area (Å²) in [7, 11) is 0. The number of benzene rings is 2. The predicted molar refractivity (Wildman–Crippen MR) is 94.9 cm³/mol. The van der Waals surface area contributed by atoms with Crippen molar-refractivity contribution < 1.29 is 0 Å². The van der Waals surface area contributed by atoms with Crippen LogP contribution in [0.4, 0.5) is 5.69 Å². The molecule has 1 N–H and O–H groups in total. The van der Waals surface area contributed by atoms with Gasteiger partial charge in [0.2, 0.25) is 0 Å². The average Bonchev–Trinajstić information content (AvgIpc) is 3.07. The van der Waals surface area contributed by atoms with E-state index in [1.165, 1.54) is 41.6 Å². The summed E-state index contributed by atoms with van der Waals surface area (Å²) >= 11 is 0. The molecule has 1 nitrogen and oxygen atoms in total. The summed E-state index contributed by atoms with van der Waals surface area (Å²) in [5, 5.41) is 3.56. The van der Waals surface area contributed by atoms with Crippen molar-refractivity contribution >= 4 is 5.69 Å². The summed E-state index contributed by atoms with van der Waals surface area (Å²) in [6, 6.07) is 17.2. The second-order valence-electron chi connectivity index (χ2n) is 4.64. The number of fused-ring (bicyclic) bond motifs is 1. The van der Waals surface area contributed by atoms with Gasteiger partial charge < -0.3 is 5.32 Å². The second kappa shape index (κ2) is 10.0. The van der Waals surface area contributed by atoms with E-state index in [1.54, 1.807) is 0 Å². The van der Waals surface area contributed by atoms with Gasteiger partial charge >= 0.3 is 0 Å². The maximum atomic E-state index is 3.56. The molecule has 0 unspecified atom stereocenters. The summed E-state index contributed by atoms with van der Waals surface area (Å²) in [4.78, 5) is 0. The monoisotopic (exact) mass is 283 g/mol. The highest BCUT2D eigenvalue weighted by Gasteiger charge is 2.13. The molecule has 1 heteroatoms. The molecule has 0 heterocycles. The van der Waals surface area contributed by atoms with Gasteiger partial charge in [-0.1, -0.05) is 70.2 Å². The molecule has 3 rings (SSSR count). The zero-order valence-corrected chi connectivity index (χ0v) is 13.9. The van der Waals surface area contributed by atoms with Crippen molar-refractivity contribution in [2.75, 3.05) is 5.32 Å². The normalized spacial score (nSPS) is 11.4. The van der Waals surface area contributed by atoms with Crippen molar-refractivity contribution in [2.45, 2.75) is 53.5 Å². The van der Waals surface area contributed by atoms with E-state index >= 15 is 0 Å². The molecule has 0 radical (unpaired) electrons. The molecule has 0 aromatic heterocycles. The van der Waals surface area contributed by atoms with Gasteiger partial charge in [-0.05, 0) is 42.0 Å². The molecule has 1 aliphatic rings. The van der Waals surface area contributed by atoms with E-state index in [1.807, 2.05) is 27.7 Å². The minimum atomic E-state index is 0.914. The van der Waals surface area contributed by atoms with Crippen LogP contribution in [0.25, 0.3) is 0 Å². The summed E-state index contributed by atoms with van der Waals surface area (Å²) in [5.74, 6) is 0. The molecule has 0 amide bonds. The minimum Gasteiger partial charge on any atom is -0.381 e. The molecular formula is C20H29N. The van der Waals surface area contributed by atoms with E-state index < -0.39 is 0 Å². The first-order valence-corrected chi connectivity index (χ1v) is 8.32. The number of hydrogen-bond donors (Lipinski definition) is 1. The van der Waals surface area contributed by atoms with Crippen LogP contribution in [-0.4, -0.2) is 0 Å². The molecule has 0 saturated carbocycles. The SMILES string of the molecule is CC.CC.c1ccc(CNc2cccc3c2CCC3)cc1. The van der Waals surface area contributed by atoms with Crippen LogP contribution >= 0.6 is 0 Å². The first-order valence-electron chi connectivity index (χ1n) is 8.32. The van der Waals surface area contributed by atoms with E-state index in [2.05, 4.69) is 53.8 Å². The van der Waals surface area contributed by atoms with Crippen molar-refractivity contribution in [3.8, 4) is 0 Å². The van der Waals surface area contributed by atoms with Gasteiger partial charge in [0.05, 0.1) is 0 Å². The van der Waals surface area contributed by atoms with Crippen LogP contribution in [0.1, 0.15) is 50.8 Å². The first-order chi connectivity index (χ1) is 10.4. The highest BCUT2D eigenvalue weighted by Crippen LogP contribution is 2.28. The van der Waals surface area contributed by atoms with Gasteiger partial charge in [0.1, 0.15) is 0 Å². The van der Waals surface area contributed by atoms with Crippen LogP contribution in [0.3, 0.4) is 0 Å². The number of rotatable bonds is 3. The van der Waals surface area contributed by atoms with E-state index in [9.17, 15) is 0 Å². The lowest BCUT2D eigenvalue weighted by molar-refractivity contribution is 0.911. The third-order valence-electron chi connectivity index (χ3n) is 3.47. The van der Waals surface area contributed by atoms with E-state index in [0.717, 1.165) is 6.54 Å². The van der Waals surface area contributed by atoms with E-state index in [4.69, 9.17) is 0 Å². The third kappa shape index (κ3) is 4.93. The van der Waals surface area contributed by atoms with Crippen LogP contribution in [0, 0.1) is 0 Å². The van der Waals surface area contributed by atoms with Crippen molar-refractivity contribution in [1.29, 1.82) is 0 Å². The Hall–Kier alpha value is -1.76. The van der Waals surface area contributed by atoms with E-state index in [0.29, 0.717) is 0 Å². The highest BCUT2D eigenvalue weighted by molar-refractivity contribution is 5.56. The number of anilines is 1. The van der Waals surface area contributed by atoms with Crippen LogP contribution < -0.4 is 5.32 Å². The highest BCUT2D eigenvalue weighted by atomic mass is 14.9. The Kier molecular flexibility index (Phi) is 8.27. The van der Waals surface area contributed by atoms with Crippen LogP contribution in [0.15, 0.2) is 48.5 Å². The Morgan fingerprint density at radius 2 is 1.52 bits per heavy atom. The molecule has 2 aromatic rings. The molecule has 0 spiro atoms. The molecule has 0 bridgehead atoms. The summed E-state index contributed by atoms with van der Waals surface area (Å²) < 4.78 is 0. The Labute approximate surface area is 130 Å². The molecule has 0 fully saturated rings. The minimum absolute atomic E-state index is 0.914. The van der Waals surface area contributed by atoms with Crippen LogP contribution in [0.2, 0.25) is 0 Å². The smallest absolute Gasteiger partial charge is 0.0400 e. The molecule has 0 aliphatic heterocycles. The van der Waals surface area contributed by atoms with Crippen molar-refractivity contribution in [2.24, 2.45) is 0 Å². The lowest BCUT2D eigenvalue weighted by Crippen LogP contribution is -2.02. The first kappa shape index (κ1) is 17.3. The van der Waals surface area contributed by atoms with Gasteiger partial charge in [0.25, 0.3) is 0 Å². The Morgan fingerprint density at radius 1 is 0.810 bits per heavy atom. The summed E-state index contributed by atoms with van der Waals surface area (Å²) in [6.07, 6.45) is 3.78. The fraction of sp³-hybridized carbons (Fsp3) is 0.400. The lowest BCUT2D eigenvalue weighted by Gasteiger charge is -2.11. The molecule has 21 heavy (non-hydrogen) atoms. The third-order valence-corrected chi connectivity index (χ3v) is 3.47. The standard InChI is InChI=1S/C16H17N.2C2H6/c1-2-6-13(7-3-1)12-17-16-11-5-9-14-8-4-10-15(14)16;2*1-2/h1-3,5-7,9,11,17H,4,8,10,12H2;2*1-2H3. The summed E-state index contributed by atoms with van der Waals surface area (Å²) in [6.45, 7) is 8.91. The molecule has 0 saturated heterocycles. The zero-order valence-electron chi connectivity index (χ0n) is 13.9. The Balaban J connectivity index is 0.000000510. The van der Waals surface area contributed by atoms with Crippen molar-refractivity contribution in [3.63, 3.8) is 0 Å². The van der Waals surface area contributed by atoms with E-state index in [-0.39, 0.29) is 0 Å². The number of aryl methyl sites for hydroxylation is 1. The fourth-order valence-electron chi connectivity index (χ4n) is 2.58. The van der Waals surface area contributed by atoms with Crippen LogP contribution in [0.5, 0.6) is 0 Å². The quantitative estimate of drug-likeness (QED) is 0.746. The van der Waals surface area contributed by atoms with Crippen molar-refractivity contribution in [1.82, 2.24) is 0 Å². The fourth-order valence-corrected chi connectivity index (χ4v) is 2.58. The van der Waals surface area contributed by atoms with Crippen molar-refractivity contribution in [3.05, 3.63) is 65.2 Å². The lowest BCUT2D eigenvalue weighted by atomic mass is 10.1. The topological polar surface area (TPSA) is 12.0 Å². The molecule has 2 aromatic carbocycles. The maximum Gasteiger partial charge on any atom is 0.0400 e. The largest absolute Gasteiger partial charge is 0.381 e. The maximum absolute atomic E-state index is 3.56. The molecule has 1 aliphatic carbocycles. The average molecular weight is 283 g/mol. The second-order valence-corrected chi connectivity index (χ2v) is 4.64. The van der Waals surface area contributed by atoms with Gasteiger partial charge in [-0.15, -0.1) is 0 Å². The number of nitrogens with one attached hydrogen (secondary N) is 1. The Bertz CT molecular complexity index is 503. The predicted octanol–water partition coefficient (Wildman–Crippen LogP) is 5.84. The van der Waals surface area contributed by atoms with Gasteiger partial charge in [-0.25, -0.2) is 0 Å². The van der Waals surface area contributed by atoms with Gasteiger partial charge in [-0.3, -0.25) is 0 Å². The number of hydrogen-bond acceptors (Lipinski definition) is 1. The molecule has 0 atom stereocenters. The van der Waals surface area contributed by atoms with Crippen LogP contribution in [-0.2, 0) is 19.4 Å². The summed E-state index contributed by atoms with van der Waals surface area (Å²) in [5.41, 5.74) is 5.72. The van der Waals surface area contributed by atoms with Gasteiger partial charge in [-0.2, -0.15) is 0 Å². The van der Waals surface area contributed by atoms with Gasteiger partial charge in [0.15, 0.2) is 0 Å². The molecule has 114 valence electrons. The zero-order chi connectivity index (χ0) is 15.5.